The monoisotopic (exact) mass is 336 g/mol. The van der Waals surface area contributed by atoms with Crippen LogP contribution in [0.15, 0.2) is 24.3 Å². The second-order valence-electron chi connectivity index (χ2n) is 6.43. The third kappa shape index (κ3) is 4.05. The maximum Gasteiger partial charge on any atom is 0.225 e. The third-order valence-electron chi connectivity index (χ3n) is 4.29. The van der Waals surface area contributed by atoms with E-state index < -0.39 is 0 Å². The van der Waals surface area contributed by atoms with E-state index in [1.165, 1.54) is 0 Å². The van der Waals surface area contributed by atoms with E-state index in [0.717, 1.165) is 5.56 Å². The summed E-state index contributed by atoms with van der Waals surface area (Å²) >= 11 is 6.36. The maximum absolute atomic E-state index is 12.7. The molecular formula is C18H25ClN2O2. The molecule has 0 saturated carbocycles. The molecular weight excluding hydrogens is 312 g/mol. The fourth-order valence-corrected chi connectivity index (χ4v) is 3.38. The van der Waals surface area contributed by atoms with Crippen LogP contribution in [0.4, 0.5) is 0 Å². The Morgan fingerprint density at radius 2 is 2.09 bits per heavy atom. The van der Waals surface area contributed by atoms with Crippen LogP contribution in [0, 0.1) is 11.8 Å². The summed E-state index contributed by atoms with van der Waals surface area (Å²) in [4.78, 5) is 26.8. The van der Waals surface area contributed by atoms with Crippen LogP contribution in [0.5, 0.6) is 0 Å². The van der Waals surface area contributed by atoms with Crippen molar-refractivity contribution >= 4 is 23.4 Å². The summed E-state index contributed by atoms with van der Waals surface area (Å²) < 4.78 is 0. The highest BCUT2D eigenvalue weighted by atomic mass is 35.5. The van der Waals surface area contributed by atoms with Crippen LogP contribution < -0.4 is 5.32 Å². The van der Waals surface area contributed by atoms with Gasteiger partial charge >= 0.3 is 0 Å². The standard InChI is InChI=1S/C18H25ClN2O2/c1-4-21-16(22)10-9-14(18(23)20-11-12(2)3)17(21)13-7-5-6-8-15(13)19/h5-8,12,14,17H,4,9-11H2,1-3H3,(H,20,23)/t14-,17+/m1/s1. The summed E-state index contributed by atoms with van der Waals surface area (Å²) in [7, 11) is 0. The molecule has 0 aliphatic carbocycles. The van der Waals surface area contributed by atoms with Crippen molar-refractivity contribution in [3.05, 3.63) is 34.9 Å². The normalized spacial score (nSPS) is 21.6. The Labute approximate surface area is 143 Å². The molecule has 0 bridgehead atoms. The predicted octanol–water partition coefficient (Wildman–Crippen LogP) is 3.41. The molecule has 2 amide bonds. The second kappa shape index (κ2) is 7.82. The van der Waals surface area contributed by atoms with E-state index in [9.17, 15) is 9.59 Å². The van der Waals surface area contributed by atoms with Crippen LogP contribution in [0.3, 0.4) is 0 Å². The molecule has 1 N–H and O–H groups in total. The van der Waals surface area contributed by atoms with Gasteiger partial charge in [-0.25, -0.2) is 0 Å². The number of carbonyl (C=O) groups excluding carboxylic acids is 2. The van der Waals surface area contributed by atoms with Gasteiger partial charge < -0.3 is 10.2 Å². The zero-order valence-corrected chi connectivity index (χ0v) is 14.8. The topological polar surface area (TPSA) is 49.4 Å². The smallest absolute Gasteiger partial charge is 0.225 e. The molecule has 23 heavy (non-hydrogen) atoms. The minimum atomic E-state index is -0.290. The van der Waals surface area contributed by atoms with Gasteiger partial charge in [-0.3, -0.25) is 9.59 Å². The van der Waals surface area contributed by atoms with Gasteiger partial charge in [0.05, 0.1) is 12.0 Å². The molecule has 1 aliphatic rings. The Bertz CT molecular complexity index is 574. The SMILES string of the molecule is CCN1C(=O)CC[C@@H](C(=O)NCC(C)C)[C@@H]1c1ccccc1Cl. The van der Waals surface area contributed by atoms with Gasteiger partial charge in [0, 0.05) is 24.5 Å². The summed E-state index contributed by atoms with van der Waals surface area (Å²) in [6.07, 6.45) is 0.976. The Morgan fingerprint density at radius 3 is 2.70 bits per heavy atom. The number of benzene rings is 1. The summed E-state index contributed by atoms with van der Waals surface area (Å²) in [6, 6.07) is 7.20. The van der Waals surface area contributed by atoms with Crippen molar-refractivity contribution in [3.63, 3.8) is 0 Å². The lowest BCUT2D eigenvalue weighted by molar-refractivity contribution is -0.143. The summed E-state index contributed by atoms with van der Waals surface area (Å²) in [5, 5.41) is 3.61. The molecule has 1 heterocycles. The van der Waals surface area contributed by atoms with E-state index in [0.29, 0.717) is 36.9 Å². The molecule has 1 aliphatic heterocycles. The summed E-state index contributed by atoms with van der Waals surface area (Å²) in [6.45, 7) is 7.28. The zero-order chi connectivity index (χ0) is 17.0. The molecule has 0 radical (unpaired) electrons. The molecule has 5 heteroatoms. The van der Waals surface area contributed by atoms with Crippen LogP contribution in [0.2, 0.25) is 5.02 Å². The number of carbonyl (C=O) groups is 2. The van der Waals surface area contributed by atoms with Crippen LogP contribution in [-0.4, -0.2) is 29.8 Å². The molecule has 126 valence electrons. The molecule has 0 spiro atoms. The number of piperidine rings is 1. The minimum absolute atomic E-state index is 0.00886. The quantitative estimate of drug-likeness (QED) is 0.895. The van der Waals surface area contributed by atoms with Crippen molar-refractivity contribution in [2.75, 3.05) is 13.1 Å². The van der Waals surface area contributed by atoms with Gasteiger partial charge in [0.2, 0.25) is 11.8 Å². The lowest BCUT2D eigenvalue weighted by Crippen LogP contribution is -2.48. The van der Waals surface area contributed by atoms with Gasteiger partial charge in [-0.1, -0.05) is 43.6 Å². The molecule has 2 atom stereocenters. The average molecular weight is 337 g/mol. The van der Waals surface area contributed by atoms with Crippen LogP contribution in [0.25, 0.3) is 0 Å². The second-order valence-corrected chi connectivity index (χ2v) is 6.84. The highest BCUT2D eigenvalue weighted by Gasteiger charge is 2.40. The number of nitrogens with one attached hydrogen (secondary N) is 1. The molecule has 1 saturated heterocycles. The fourth-order valence-electron chi connectivity index (χ4n) is 3.14. The fraction of sp³-hybridized carbons (Fsp3) is 0.556. The zero-order valence-electron chi connectivity index (χ0n) is 14.0. The molecule has 0 aromatic heterocycles. The lowest BCUT2D eigenvalue weighted by Gasteiger charge is -2.40. The molecule has 0 unspecified atom stereocenters. The molecule has 2 rings (SSSR count). The van der Waals surface area contributed by atoms with Crippen LogP contribution >= 0.6 is 11.6 Å². The predicted molar refractivity (Wildman–Crippen MR) is 92.2 cm³/mol. The van der Waals surface area contributed by atoms with E-state index in [2.05, 4.69) is 19.2 Å². The van der Waals surface area contributed by atoms with Crippen molar-refractivity contribution in [2.24, 2.45) is 11.8 Å². The van der Waals surface area contributed by atoms with Gasteiger partial charge in [-0.05, 0) is 30.9 Å². The van der Waals surface area contributed by atoms with Crippen LogP contribution in [0.1, 0.15) is 45.2 Å². The van der Waals surface area contributed by atoms with E-state index in [1.54, 1.807) is 4.90 Å². The summed E-state index contributed by atoms with van der Waals surface area (Å²) in [5.74, 6) is 0.233. The van der Waals surface area contributed by atoms with Crippen molar-refractivity contribution in [2.45, 2.75) is 39.7 Å². The largest absolute Gasteiger partial charge is 0.356 e. The van der Waals surface area contributed by atoms with Gasteiger partial charge in [-0.15, -0.1) is 0 Å². The van der Waals surface area contributed by atoms with Crippen LogP contribution in [-0.2, 0) is 9.59 Å². The van der Waals surface area contributed by atoms with E-state index in [4.69, 9.17) is 11.6 Å². The lowest BCUT2D eigenvalue weighted by atomic mass is 9.83. The van der Waals surface area contributed by atoms with Gasteiger partial charge in [0.25, 0.3) is 0 Å². The Balaban J connectivity index is 2.33. The van der Waals surface area contributed by atoms with Crippen molar-refractivity contribution in [1.82, 2.24) is 10.2 Å². The van der Waals surface area contributed by atoms with E-state index in [-0.39, 0.29) is 23.8 Å². The van der Waals surface area contributed by atoms with E-state index >= 15 is 0 Å². The Kier molecular flexibility index (Phi) is 6.05. The van der Waals surface area contributed by atoms with E-state index in [1.807, 2.05) is 31.2 Å². The summed E-state index contributed by atoms with van der Waals surface area (Å²) in [5.41, 5.74) is 0.855. The Morgan fingerprint density at radius 1 is 1.39 bits per heavy atom. The van der Waals surface area contributed by atoms with Crippen molar-refractivity contribution in [1.29, 1.82) is 0 Å². The first kappa shape index (κ1) is 17.8. The highest BCUT2D eigenvalue weighted by Crippen LogP contribution is 2.39. The first-order chi connectivity index (χ1) is 11.0. The maximum atomic E-state index is 12.7. The first-order valence-corrected chi connectivity index (χ1v) is 8.65. The van der Waals surface area contributed by atoms with Gasteiger partial charge in [-0.2, -0.15) is 0 Å². The molecule has 1 fully saturated rings. The number of hydrogen-bond donors (Lipinski definition) is 1. The Hall–Kier alpha value is -1.55. The molecule has 4 nitrogen and oxygen atoms in total. The van der Waals surface area contributed by atoms with Gasteiger partial charge in [0.1, 0.15) is 0 Å². The number of nitrogens with zero attached hydrogens (tertiary/aromatic N) is 1. The van der Waals surface area contributed by atoms with Crippen molar-refractivity contribution < 1.29 is 9.59 Å². The number of halogens is 1. The highest BCUT2D eigenvalue weighted by molar-refractivity contribution is 6.31. The molecule has 1 aromatic rings. The van der Waals surface area contributed by atoms with Gasteiger partial charge in [0.15, 0.2) is 0 Å². The first-order valence-electron chi connectivity index (χ1n) is 8.27. The number of rotatable bonds is 5. The number of amides is 2. The third-order valence-corrected chi connectivity index (χ3v) is 4.64. The minimum Gasteiger partial charge on any atom is -0.356 e. The van der Waals surface area contributed by atoms with Crippen molar-refractivity contribution in [3.8, 4) is 0 Å². The number of likely N-dealkylation sites (tertiary alicyclic amines) is 1. The average Bonchev–Trinajstić information content (AvgIpc) is 2.52. The number of hydrogen-bond acceptors (Lipinski definition) is 2. The molecule has 1 aromatic carbocycles.